The Balaban J connectivity index is 1.61. The molecule has 25 heavy (non-hydrogen) atoms. The molecule has 3 rings (SSSR count). The van der Waals surface area contributed by atoms with Gasteiger partial charge in [0, 0.05) is 13.5 Å². The summed E-state index contributed by atoms with van der Waals surface area (Å²) in [5.74, 6) is -0.856. The van der Waals surface area contributed by atoms with Crippen LogP contribution in [0, 0.1) is 5.41 Å². The number of alkyl halides is 2. The van der Waals surface area contributed by atoms with E-state index < -0.39 is 15.7 Å². The lowest BCUT2D eigenvalue weighted by molar-refractivity contribution is -0.156. The summed E-state index contributed by atoms with van der Waals surface area (Å²) < 4.78 is 5.08. The number of para-hydroxylation sites is 1. The molecule has 0 N–H and O–H groups in total. The van der Waals surface area contributed by atoms with Gasteiger partial charge in [0.1, 0.15) is 14.8 Å². The molecule has 1 amide bonds. The number of thiazole rings is 1. The summed E-state index contributed by atoms with van der Waals surface area (Å²) in [6.07, 6.45) is 0.327. The predicted octanol–water partition coefficient (Wildman–Crippen LogP) is 3.94. The smallest absolute Gasteiger partial charge is 0.315 e. The van der Waals surface area contributed by atoms with Gasteiger partial charge in [-0.3, -0.25) is 9.59 Å². The van der Waals surface area contributed by atoms with Crippen LogP contribution in [0.15, 0.2) is 24.3 Å². The number of benzene rings is 1. The van der Waals surface area contributed by atoms with Gasteiger partial charge in [0.2, 0.25) is 0 Å². The third-order valence-electron chi connectivity index (χ3n) is 4.68. The number of carbonyl (C=O) groups is 2. The molecule has 1 aromatic heterocycles. The quantitative estimate of drug-likeness (QED) is 0.563. The molecule has 0 aliphatic heterocycles. The number of aromatic nitrogens is 1. The summed E-state index contributed by atoms with van der Waals surface area (Å²) >= 11 is 13.4. The van der Waals surface area contributed by atoms with Gasteiger partial charge in [-0.2, -0.15) is 0 Å². The van der Waals surface area contributed by atoms with Crippen LogP contribution < -0.4 is 0 Å². The zero-order chi connectivity index (χ0) is 18.4. The van der Waals surface area contributed by atoms with E-state index in [0.29, 0.717) is 6.42 Å². The van der Waals surface area contributed by atoms with Gasteiger partial charge >= 0.3 is 5.97 Å². The molecule has 0 bridgehead atoms. The van der Waals surface area contributed by atoms with Crippen molar-refractivity contribution in [1.82, 2.24) is 9.88 Å². The molecule has 1 saturated carbocycles. The van der Waals surface area contributed by atoms with Crippen LogP contribution in [-0.4, -0.2) is 39.7 Å². The van der Waals surface area contributed by atoms with Crippen molar-refractivity contribution in [1.29, 1.82) is 0 Å². The number of nitrogens with zero attached hydrogens (tertiary/aromatic N) is 2. The molecule has 8 heteroatoms. The van der Waals surface area contributed by atoms with E-state index in [9.17, 15) is 9.59 Å². The lowest BCUT2D eigenvalue weighted by atomic mass is 10.1. The standard InChI is InChI=1S/C17H18Cl2N2O3S/c1-10(14-20-11-6-4-5-7-12(11)25-14)21(3)13(22)8-24-15(23)16(2)9-17(16,18)19/h4-7,10H,8-9H2,1-3H3/t10-,16-/m0/s1. The second-order valence-electron chi connectivity index (χ2n) is 6.49. The first-order valence-corrected chi connectivity index (χ1v) is 9.39. The van der Waals surface area contributed by atoms with Crippen molar-refractivity contribution in [2.45, 2.75) is 30.6 Å². The van der Waals surface area contributed by atoms with Crippen molar-refractivity contribution in [3.05, 3.63) is 29.3 Å². The van der Waals surface area contributed by atoms with E-state index in [2.05, 4.69) is 4.98 Å². The molecule has 1 aliphatic rings. The molecule has 5 nitrogen and oxygen atoms in total. The molecule has 0 saturated heterocycles. The number of rotatable bonds is 5. The van der Waals surface area contributed by atoms with Gasteiger partial charge in [0.25, 0.3) is 5.91 Å². The maximum Gasteiger partial charge on any atom is 0.315 e. The maximum absolute atomic E-state index is 12.3. The Bertz CT molecular complexity index is 805. The highest BCUT2D eigenvalue weighted by atomic mass is 35.5. The zero-order valence-corrected chi connectivity index (χ0v) is 16.4. The van der Waals surface area contributed by atoms with Crippen molar-refractivity contribution in [3.63, 3.8) is 0 Å². The molecule has 1 fully saturated rings. The molecule has 0 spiro atoms. The van der Waals surface area contributed by atoms with Gasteiger partial charge in [0.05, 0.1) is 16.3 Å². The fourth-order valence-electron chi connectivity index (χ4n) is 2.46. The zero-order valence-electron chi connectivity index (χ0n) is 14.1. The van der Waals surface area contributed by atoms with Crippen LogP contribution in [0.1, 0.15) is 31.3 Å². The number of esters is 1. The first kappa shape index (κ1) is 18.4. The number of carbonyl (C=O) groups excluding carboxylic acids is 2. The van der Waals surface area contributed by atoms with E-state index in [1.165, 1.54) is 4.90 Å². The first-order valence-electron chi connectivity index (χ1n) is 7.82. The fourth-order valence-corrected chi connectivity index (χ4v) is 4.21. The maximum atomic E-state index is 12.3. The number of likely N-dealkylation sites (N-methyl/N-ethyl adjacent to an activating group) is 1. The molecular weight excluding hydrogens is 383 g/mol. The number of hydrogen-bond donors (Lipinski definition) is 0. The third kappa shape index (κ3) is 3.35. The highest BCUT2D eigenvalue weighted by Crippen LogP contribution is 2.64. The van der Waals surface area contributed by atoms with Crippen molar-refractivity contribution in [3.8, 4) is 0 Å². The van der Waals surface area contributed by atoms with Gasteiger partial charge in [0.15, 0.2) is 6.61 Å². The Labute approximate surface area is 159 Å². The molecule has 1 aliphatic carbocycles. The molecule has 2 atom stereocenters. The second kappa shape index (κ2) is 6.41. The van der Waals surface area contributed by atoms with Crippen molar-refractivity contribution in [2.24, 2.45) is 5.41 Å². The molecule has 0 unspecified atom stereocenters. The number of hydrogen-bond acceptors (Lipinski definition) is 5. The third-order valence-corrected chi connectivity index (χ3v) is 6.99. The Morgan fingerprint density at radius 1 is 1.40 bits per heavy atom. The SMILES string of the molecule is C[C@@H](c1nc2ccccc2s1)N(C)C(=O)COC(=O)[C@]1(C)CC1(Cl)Cl. The van der Waals surface area contributed by atoms with Gasteiger partial charge in [-0.1, -0.05) is 12.1 Å². The average molecular weight is 401 g/mol. The van der Waals surface area contributed by atoms with Crippen LogP contribution in [0.25, 0.3) is 10.2 Å². The van der Waals surface area contributed by atoms with Crippen molar-refractivity contribution >= 4 is 56.6 Å². The normalized spacial score (nSPS) is 22.4. The number of amides is 1. The molecule has 1 heterocycles. The molecule has 2 aromatic rings. The minimum Gasteiger partial charge on any atom is -0.455 e. The predicted molar refractivity (Wildman–Crippen MR) is 98.9 cm³/mol. The highest BCUT2D eigenvalue weighted by molar-refractivity contribution is 7.18. The summed E-state index contributed by atoms with van der Waals surface area (Å²) in [7, 11) is 1.67. The van der Waals surface area contributed by atoms with E-state index in [4.69, 9.17) is 27.9 Å². The summed E-state index contributed by atoms with van der Waals surface area (Å²) in [4.78, 5) is 30.5. The van der Waals surface area contributed by atoms with Crippen LogP contribution in [-0.2, 0) is 14.3 Å². The molecular formula is C17H18Cl2N2O3S. The van der Waals surface area contributed by atoms with Gasteiger partial charge in [-0.15, -0.1) is 34.5 Å². The first-order chi connectivity index (χ1) is 11.7. The highest BCUT2D eigenvalue weighted by Gasteiger charge is 2.69. The second-order valence-corrected chi connectivity index (χ2v) is 9.04. The van der Waals surface area contributed by atoms with Crippen LogP contribution in [0.3, 0.4) is 0 Å². The monoisotopic (exact) mass is 400 g/mol. The van der Waals surface area contributed by atoms with E-state index in [0.717, 1.165) is 15.2 Å². The fraction of sp³-hybridized carbons (Fsp3) is 0.471. The minimum atomic E-state index is -1.10. The molecule has 134 valence electrons. The largest absolute Gasteiger partial charge is 0.455 e. The molecule has 0 radical (unpaired) electrons. The lowest BCUT2D eigenvalue weighted by Crippen LogP contribution is -2.34. The lowest BCUT2D eigenvalue weighted by Gasteiger charge is -2.23. The van der Waals surface area contributed by atoms with E-state index in [-0.39, 0.29) is 18.6 Å². The Morgan fingerprint density at radius 3 is 2.64 bits per heavy atom. The summed E-state index contributed by atoms with van der Waals surface area (Å²) in [6, 6.07) is 7.59. The summed E-state index contributed by atoms with van der Waals surface area (Å²) in [5.41, 5.74) is -0.0306. The van der Waals surface area contributed by atoms with Crippen LogP contribution >= 0.6 is 34.5 Å². The van der Waals surface area contributed by atoms with Crippen molar-refractivity contribution in [2.75, 3.05) is 13.7 Å². The Morgan fingerprint density at radius 2 is 2.04 bits per heavy atom. The van der Waals surface area contributed by atoms with Gasteiger partial charge in [-0.05, 0) is 26.0 Å². The Hall–Kier alpha value is -1.37. The average Bonchev–Trinajstić information content (AvgIpc) is 2.94. The van der Waals surface area contributed by atoms with Gasteiger partial charge < -0.3 is 9.64 Å². The van der Waals surface area contributed by atoms with Gasteiger partial charge in [-0.25, -0.2) is 4.98 Å². The van der Waals surface area contributed by atoms with E-state index in [1.807, 2.05) is 31.2 Å². The number of halogens is 2. The summed E-state index contributed by atoms with van der Waals surface area (Å²) in [5, 5.41) is 0.832. The summed E-state index contributed by atoms with van der Waals surface area (Å²) in [6.45, 7) is 3.18. The van der Waals surface area contributed by atoms with Crippen LogP contribution in [0.4, 0.5) is 0 Å². The topological polar surface area (TPSA) is 59.5 Å². The number of ether oxygens (including phenoxy) is 1. The van der Waals surface area contributed by atoms with Crippen LogP contribution in [0.5, 0.6) is 0 Å². The van der Waals surface area contributed by atoms with Crippen LogP contribution in [0.2, 0.25) is 0 Å². The Kier molecular flexibility index (Phi) is 4.73. The van der Waals surface area contributed by atoms with E-state index in [1.54, 1.807) is 25.3 Å². The van der Waals surface area contributed by atoms with E-state index >= 15 is 0 Å². The van der Waals surface area contributed by atoms with Crippen molar-refractivity contribution < 1.29 is 14.3 Å². The molecule has 1 aromatic carbocycles. The number of fused-ring (bicyclic) bond motifs is 1. The minimum absolute atomic E-state index is 0.222.